The van der Waals surface area contributed by atoms with E-state index in [9.17, 15) is 4.79 Å². The molecule has 0 saturated heterocycles. The van der Waals surface area contributed by atoms with Crippen molar-refractivity contribution in [3.05, 3.63) is 29.3 Å². The lowest BCUT2D eigenvalue weighted by atomic mass is 10.1. The highest BCUT2D eigenvalue weighted by Gasteiger charge is 2.06. The predicted molar refractivity (Wildman–Crippen MR) is 66.3 cm³/mol. The van der Waals surface area contributed by atoms with Gasteiger partial charge >= 0.3 is 5.97 Å². The zero-order valence-electron chi connectivity index (χ0n) is 10.3. The van der Waals surface area contributed by atoms with Crippen LogP contribution in [0.1, 0.15) is 36.2 Å². The van der Waals surface area contributed by atoms with Gasteiger partial charge in [-0.3, -0.25) is 0 Å². The Hall–Kier alpha value is -1.95. The molecule has 1 rings (SSSR count). The number of ether oxygens (including phenoxy) is 1. The molecule has 0 atom stereocenters. The maximum atomic E-state index is 10.8. The lowest BCUT2D eigenvalue weighted by Gasteiger charge is -2.04. The molecule has 3 heteroatoms. The maximum absolute atomic E-state index is 10.8. The third kappa shape index (κ3) is 3.84. The molecule has 0 bridgehead atoms. The first-order valence-electron chi connectivity index (χ1n) is 5.44. The summed E-state index contributed by atoms with van der Waals surface area (Å²) >= 11 is 0. The minimum Gasteiger partial charge on any atom is -0.495 e. The highest BCUT2D eigenvalue weighted by atomic mass is 16.5. The van der Waals surface area contributed by atoms with E-state index in [-0.39, 0.29) is 5.56 Å². The molecule has 0 radical (unpaired) electrons. The largest absolute Gasteiger partial charge is 0.495 e. The van der Waals surface area contributed by atoms with Crippen molar-refractivity contribution in [3.8, 4) is 17.6 Å². The van der Waals surface area contributed by atoms with E-state index in [4.69, 9.17) is 9.84 Å². The fourth-order valence-corrected chi connectivity index (χ4v) is 1.29. The minimum atomic E-state index is -0.959. The molecule has 0 saturated carbocycles. The Morgan fingerprint density at radius 2 is 2.18 bits per heavy atom. The fraction of sp³-hybridized carbons (Fsp3) is 0.357. The van der Waals surface area contributed by atoms with Crippen LogP contribution in [0, 0.1) is 17.8 Å². The molecule has 0 aliphatic rings. The lowest BCUT2D eigenvalue weighted by molar-refractivity contribution is 0.0697. The van der Waals surface area contributed by atoms with Crippen LogP contribution in [0.2, 0.25) is 0 Å². The SMILES string of the molecule is COc1ccc(C(=O)O)cc1C#CCC(C)C. The van der Waals surface area contributed by atoms with E-state index in [2.05, 4.69) is 25.7 Å². The second kappa shape index (κ2) is 5.95. The van der Waals surface area contributed by atoms with Crippen LogP contribution in [0.3, 0.4) is 0 Å². The average molecular weight is 232 g/mol. The summed E-state index contributed by atoms with van der Waals surface area (Å²) in [7, 11) is 1.55. The summed E-state index contributed by atoms with van der Waals surface area (Å²) in [6.45, 7) is 4.17. The molecule has 3 nitrogen and oxygen atoms in total. The van der Waals surface area contributed by atoms with Crippen molar-refractivity contribution in [1.82, 2.24) is 0 Å². The van der Waals surface area contributed by atoms with Crippen molar-refractivity contribution in [2.24, 2.45) is 5.92 Å². The predicted octanol–water partition coefficient (Wildman–Crippen LogP) is 2.79. The van der Waals surface area contributed by atoms with Crippen LogP contribution in [0.15, 0.2) is 18.2 Å². The standard InChI is InChI=1S/C14H16O3/c1-10(2)5-4-6-11-9-12(14(15)16)7-8-13(11)17-3/h7-10H,5H2,1-3H3,(H,15,16). The van der Waals surface area contributed by atoms with Gasteiger partial charge < -0.3 is 9.84 Å². The van der Waals surface area contributed by atoms with Gasteiger partial charge in [-0.15, -0.1) is 0 Å². The number of carbonyl (C=O) groups is 1. The van der Waals surface area contributed by atoms with E-state index in [0.29, 0.717) is 17.2 Å². The van der Waals surface area contributed by atoms with Crippen molar-refractivity contribution < 1.29 is 14.6 Å². The molecule has 0 fully saturated rings. The Kier molecular flexibility index (Phi) is 4.59. The zero-order valence-corrected chi connectivity index (χ0v) is 10.3. The van der Waals surface area contributed by atoms with Gasteiger partial charge in [0, 0.05) is 6.42 Å². The highest BCUT2D eigenvalue weighted by Crippen LogP contribution is 2.19. The topological polar surface area (TPSA) is 46.5 Å². The van der Waals surface area contributed by atoms with Crippen LogP contribution < -0.4 is 4.74 Å². The summed E-state index contributed by atoms with van der Waals surface area (Å²) in [5.41, 5.74) is 0.840. The van der Waals surface area contributed by atoms with Gasteiger partial charge in [-0.05, 0) is 24.1 Å². The first-order valence-corrected chi connectivity index (χ1v) is 5.44. The molecule has 0 spiro atoms. The second-order valence-corrected chi connectivity index (χ2v) is 4.12. The molecular weight excluding hydrogens is 216 g/mol. The van der Waals surface area contributed by atoms with Crippen LogP contribution >= 0.6 is 0 Å². The summed E-state index contributed by atoms with van der Waals surface area (Å²) in [5, 5.41) is 8.90. The van der Waals surface area contributed by atoms with E-state index >= 15 is 0 Å². The van der Waals surface area contributed by atoms with Crippen LogP contribution in [0.5, 0.6) is 5.75 Å². The molecule has 1 aromatic rings. The summed E-state index contributed by atoms with van der Waals surface area (Å²) in [5.74, 6) is 6.11. The third-order valence-corrected chi connectivity index (χ3v) is 2.18. The Morgan fingerprint density at radius 1 is 1.47 bits per heavy atom. The van der Waals surface area contributed by atoms with Crippen LogP contribution in [-0.4, -0.2) is 18.2 Å². The normalized spacial score (nSPS) is 9.65. The first kappa shape index (κ1) is 13.1. The molecule has 0 amide bonds. The van der Waals surface area contributed by atoms with E-state index in [0.717, 1.165) is 6.42 Å². The molecule has 0 aliphatic carbocycles. The molecule has 17 heavy (non-hydrogen) atoms. The third-order valence-electron chi connectivity index (χ3n) is 2.18. The van der Waals surface area contributed by atoms with Gasteiger partial charge in [-0.1, -0.05) is 25.7 Å². The first-order chi connectivity index (χ1) is 8.04. The van der Waals surface area contributed by atoms with E-state index in [1.54, 1.807) is 13.2 Å². The number of rotatable bonds is 3. The Labute approximate surface area is 101 Å². The number of carboxylic acid groups (broad SMARTS) is 1. The molecule has 0 heterocycles. The molecule has 0 aromatic heterocycles. The van der Waals surface area contributed by atoms with Crippen LogP contribution in [0.25, 0.3) is 0 Å². The second-order valence-electron chi connectivity index (χ2n) is 4.12. The molecule has 1 N–H and O–H groups in total. The van der Waals surface area contributed by atoms with Crippen molar-refractivity contribution in [3.63, 3.8) is 0 Å². The number of hydrogen-bond donors (Lipinski definition) is 1. The number of carboxylic acids is 1. The maximum Gasteiger partial charge on any atom is 0.335 e. The summed E-state index contributed by atoms with van der Waals surface area (Å²) < 4.78 is 5.14. The van der Waals surface area contributed by atoms with Crippen molar-refractivity contribution >= 4 is 5.97 Å². The van der Waals surface area contributed by atoms with Crippen molar-refractivity contribution in [2.45, 2.75) is 20.3 Å². The van der Waals surface area contributed by atoms with Gasteiger partial charge in [0.25, 0.3) is 0 Å². The van der Waals surface area contributed by atoms with E-state index in [1.165, 1.54) is 12.1 Å². The smallest absolute Gasteiger partial charge is 0.335 e. The van der Waals surface area contributed by atoms with Gasteiger partial charge in [-0.2, -0.15) is 0 Å². The number of hydrogen-bond acceptors (Lipinski definition) is 2. The van der Waals surface area contributed by atoms with Crippen molar-refractivity contribution in [1.29, 1.82) is 0 Å². The molecule has 1 aromatic carbocycles. The minimum absolute atomic E-state index is 0.222. The van der Waals surface area contributed by atoms with Crippen molar-refractivity contribution in [2.75, 3.05) is 7.11 Å². The number of aromatic carboxylic acids is 1. The van der Waals surface area contributed by atoms with Gasteiger partial charge in [0.1, 0.15) is 5.75 Å². The van der Waals surface area contributed by atoms with Crippen LogP contribution in [0.4, 0.5) is 0 Å². The molecule has 0 unspecified atom stereocenters. The molecule has 90 valence electrons. The van der Waals surface area contributed by atoms with Gasteiger partial charge in [0.05, 0.1) is 18.2 Å². The summed E-state index contributed by atoms with van der Waals surface area (Å²) in [4.78, 5) is 10.8. The van der Waals surface area contributed by atoms with E-state index in [1.807, 2.05) is 0 Å². The van der Waals surface area contributed by atoms with Gasteiger partial charge in [-0.25, -0.2) is 4.79 Å². The van der Waals surface area contributed by atoms with Gasteiger partial charge in [0.2, 0.25) is 0 Å². The van der Waals surface area contributed by atoms with E-state index < -0.39 is 5.97 Å². The molecule has 0 aliphatic heterocycles. The average Bonchev–Trinajstić information content (AvgIpc) is 2.28. The summed E-state index contributed by atoms with van der Waals surface area (Å²) in [6.07, 6.45) is 0.778. The quantitative estimate of drug-likeness (QED) is 0.815. The lowest BCUT2D eigenvalue weighted by Crippen LogP contribution is -1.98. The number of benzene rings is 1. The molecular formula is C14H16O3. The Morgan fingerprint density at radius 3 is 2.71 bits per heavy atom. The number of methoxy groups -OCH3 is 1. The van der Waals surface area contributed by atoms with Gasteiger partial charge in [0.15, 0.2) is 0 Å². The highest BCUT2D eigenvalue weighted by molar-refractivity contribution is 5.88. The fourth-order valence-electron chi connectivity index (χ4n) is 1.29. The van der Waals surface area contributed by atoms with Crippen LogP contribution in [-0.2, 0) is 0 Å². The monoisotopic (exact) mass is 232 g/mol. The zero-order chi connectivity index (χ0) is 12.8. The Bertz CT molecular complexity index is 464. The Balaban J connectivity index is 3.04. The summed E-state index contributed by atoms with van der Waals surface area (Å²) in [6, 6.07) is 4.67.